The van der Waals surface area contributed by atoms with Gasteiger partial charge in [-0.1, -0.05) is 39.0 Å². The standard InChI is InChI=1S/C24H31IN4O4Si/c1-24(2,3)34(4,5)32-13-18-17(30)11-19(33-18)29-12-16(25)20-21(26-14-27-22(20)29)28-23(31)15-9-7-6-8-10-15/h6-10,12,14,17-19,30H,11,13H2,1-5H3,(H,26,27,28,31)/t17?,18-,19-/m1/s1. The fourth-order valence-electron chi connectivity index (χ4n) is 3.67. The van der Waals surface area contributed by atoms with E-state index in [1.54, 1.807) is 12.1 Å². The Bertz CT molecular complexity index is 1180. The molecule has 182 valence electrons. The molecule has 1 amide bonds. The Kier molecular flexibility index (Phi) is 7.16. The summed E-state index contributed by atoms with van der Waals surface area (Å²) in [6, 6.07) is 9.01. The molecule has 1 saturated heterocycles. The predicted molar refractivity (Wildman–Crippen MR) is 142 cm³/mol. The smallest absolute Gasteiger partial charge is 0.256 e. The van der Waals surface area contributed by atoms with Crippen molar-refractivity contribution < 1.29 is 19.1 Å². The molecule has 0 spiro atoms. The van der Waals surface area contributed by atoms with Crippen molar-refractivity contribution in [3.8, 4) is 0 Å². The number of rotatable bonds is 6. The number of nitrogens with zero attached hydrogens (tertiary/aromatic N) is 3. The maximum atomic E-state index is 12.7. The molecule has 34 heavy (non-hydrogen) atoms. The van der Waals surface area contributed by atoms with Crippen molar-refractivity contribution in [3.05, 3.63) is 52.0 Å². The molecule has 0 saturated carbocycles. The van der Waals surface area contributed by atoms with Crippen LogP contribution in [0.2, 0.25) is 18.1 Å². The van der Waals surface area contributed by atoms with Crippen LogP contribution in [0, 0.1) is 3.57 Å². The van der Waals surface area contributed by atoms with Gasteiger partial charge in [0.1, 0.15) is 30.1 Å². The average Bonchev–Trinajstić information content (AvgIpc) is 3.32. The summed E-state index contributed by atoms with van der Waals surface area (Å²) in [5, 5.41) is 14.4. The number of hydrogen-bond acceptors (Lipinski definition) is 6. The number of aliphatic hydroxyl groups is 1. The molecule has 1 aliphatic heterocycles. The van der Waals surface area contributed by atoms with Crippen LogP contribution in [0.15, 0.2) is 42.9 Å². The summed E-state index contributed by atoms with van der Waals surface area (Å²) in [6.45, 7) is 11.3. The van der Waals surface area contributed by atoms with Crippen LogP contribution in [0.4, 0.5) is 5.82 Å². The summed E-state index contributed by atoms with van der Waals surface area (Å²) in [7, 11) is -1.95. The highest BCUT2D eigenvalue weighted by Crippen LogP contribution is 2.39. The Morgan fingerprint density at radius 3 is 2.68 bits per heavy atom. The number of carbonyl (C=O) groups is 1. The van der Waals surface area contributed by atoms with Gasteiger partial charge >= 0.3 is 0 Å². The number of anilines is 1. The molecule has 3 heterocycles. The highest BCUT2D eigenvalue weighted by molar-refractivity contribution is 14.1. The monoisotopic (exact) mass is 594 g/mol. The molecule has 1 unspecified atom stereocenters. The third kappa shape index (κ3) is 5.06. The Morgan fingerprint density at radius 2 is 2.00 bits per heavy atom. The van der Waals surface area contributed by atoms with Crippen LogP contribution < -0.4 is 5.32 Å². The first-order chi connectivity index (χ1) is 16.0. The van der Waals surface area contributed by atoms with Crippen LogP contribution >= 0.6 is 22.6 Å². The number of halogens is 1. The first kappa shape index (κ1) is 25.2. The summed E-state index contributed by atoms with van der Waals surface area (Å²) < 4.78 is 15.3. The second-order valence-electron chi connectivity index (χ2n) is 10.1. The molecule has 8 nitrogen and oxygen atoms in total. The summed E-state index contributed by atoms with van der Waals surface area (Å²) in [5.74, 6) is 0.206. The maximum absolute atomic E-state index is 12.7. The highest BCUT2D eigenvalue weighted by Gasteiger charge is 2.41. The van der Waals surface area contributed by atoms with E-state index < -0.39 is 20.5 Å². The van der Waals surface area contributed by atoms with E-state index in [1.807, 2.05) is 29.0 Å². The van der Waals surface area contributed by atoms with Crippen molar-refractivity contribution in [2.24, 2.45) is 0 Å². The molecule has 0 bridgehead atoms. The van der Waals surface area contributed by atoms with Gasteiger partial charge in [0, 0.05) is 21.8 Å². The lowest BCUT2D eigenvalue weighted by atomic mass is 10.2. The largest absolute Gasteiger partial charge is 0.414 e. The quantitative estimate of drug-likeness (QED) is 0.310. The number of hydrogen-bond donors (Lipinski definition) is 2. The molecule has 10 heteroatoms. The normalized spacial score (nSPS) is 21.2. The van der Waals surface area contributed by atoms with Gasteiger partial charge in [0.25, 0.3) is 5.91 Å². The third-order valence-electron chi connectivity index (χ3n) is 6.76. The van der Waals surface area contributed by atoms with E-state index in [1.165, 1.54) is 6.33 Å². The molecule has 0 aliphatic carbocycles. The molecule has 4 rings (SSSR count). The number of amides is 1. The zero-order chi connectivity index (χ0) is 24.7. The second kappa shape index (κ2) is 9.65. The van der Waals surface area contributed by atoms with Gasteiger partial charge in [-0.2, -0.15) is 0 Å². The van der Waals surface area contributed by atoms with Crippen molar-refractivity contribution in [2.75, 3.05) is 11.9 Å². The molecular weight excluding hydrogens is 563 g/mol. The van der Waals surface area contributed by atoms with Crippen molar-refractivity contribution in [2.45, 2.75) is 63.8 Å². The summed E-state index contributed by atoms with van der Waals surface area (Å²) >= 11 is 2.21. The van der Waals surface area contributed by atoms with E-state index in [0.29, 0.717) is 30.1 Å². The van der Waals surface area contributed by atoms with Gasteiger partial charge in [-0.05, 0) is 52.9 Å². The van der Waals surface area contributed by atoms with Crippen LogP contribution in [-0.4, -0.2) is 52.7 Å². The molecule has 2 aromatic heterocycles. The van der Waals surface area contributed by atoms with Crippen molar-refractivity contribution in [3.63, 3.8) is 0 Å². The first-order valence-corrected chi connectivity index (χ1v) is 15.3. The number of fused-ring (bicyclic) bond motifs is 1. The lowest BCUT2D eigenvalue weighted by Gasteiger charge is -2.37. The van der Waals surface area contributed by atoms with Gasteiger partial charge in [-0.25, -0.2) is 9.97 Å². The van der Waals surface area contributed by atoms with E-state index >= 15 is 0 Å². The Labute approximate surface area is 214 Å². The third-order valence-corrected chi connectivity index (χ3v) is 12.1. The lowest BCUT2D eigenvalue weighted by Crippen LogP contribution is -2.43. The number of aromatic nitrogens is 3. The van der Waals surface area contributed by atoms with Crippen LogP contribution in [0.1, 0.15) is 43.8 Å². The summed E-state index contributed by atoms with van der Waals surface area (Å²) in [6.07, 6.45) is 2.35. The zero-order valence-corrected chi connectivity index (χ0v) is 23.2. The van der Waals surface area contributed by atoms with Gasteiger partial charge in [0.05, 0.1) is 18.1 Å². The van der Waals surface area contributed by atoms with Crippen LogP contribution in [0.5, 0.6) is 0 Å². The maximum Gasteiger partial charge on any atom is 0.256 e. The number of ether oxygens (including phenoxy) is 1. The molecular formula is C24H31IN4O4Si. The molecule has 0 radical (unpaired) electrons. The van der Waals surface area contributed by atoms with Crippen molar-refractivity contribution in [1.29, 1.82) is 0 Å². The van der Waals surface area contributed by atoms with Crippen LogP contribution in [0.25, 0.3) is 11.0 Å². The van der Waals surface area contributed by atoms with E-state index in [0.717, 1.165) is 8.96 Å². The average molecular weight is 595 g/mol. The van der Waals surface area contributed by atoms with Gasteiger partial charge in [0.15, 0.2) is 8.32 Å². The number of benzene rings is 1. The minimum absolute atomic E-state index is 0.0835. The molecule has 1 aromatic carbocycles. The SMILES string of the molecule is CC(C)(C)[Si](C)(C)OC[C@H]1O[C@@H](n2cc(I)c3c(NC(=O)c4ccccc4)ncnc32)CC1O. The van der Waals surface area contributed by atoms with E-state index in [-0.39, 0.29) is 17.2 Å². The van der Waals surface area contributed by atoms with E-state index in [9.17, 15) is 9.90 Å². The fraction of sp³-hybridized carbons (Fsp3) is 0.458. The number of nitrogens with one attached hydrogen (secondary N) is 1. The number of carbonyl (C=O) groups excluding carboxylic acids is 1. The Morgan fingerprint density at radius 1 is 1.29 bits per heavy atom. The van der Waals surface area contributed by atoms with Gasteiger partial charge in [0.2, 0.25) is 0 Å². The Balaban J connectivity index is 1.54. The van der Waals surface area contributed by atoms with Gasteiger partial charge < -0.3 is 24.2 Å². The van der Waals surface area contributed by atoms with E-state index in [2.05, 4.69) is 71.7 Å². The molecule has 1 aliphatic rings. The summed E-state index contributed by atoms with van der Waals surface area (Å²) in [5.41, 5.74) is 1.20. The van der Waals surface area contributed by atoms with Gasteiger partial charge in [-0.3, -0.25) is 4.79 Å². The van der Waals surface area contributed by atoms with Crippen LogP contribution in [0.3, 0.4) is 0 Å². The van der Waals surface area contributed by atoms with Crippen LogP contribution in [-0.2, 0) is 9.16 Å². The van der Waals surface area contributed by atoms with E-state index in [4.69, 9.17) is 9.16 Å². The molecule has 3 aromatic rings. The topological polar surface area (TPSA) is 98.5 Å². The molecule has 1 fully saturated rings. The predicted octanol–water partition coefficient (Wildman–Crippen LogP) is 4.96. The highest BCUT2D eigenvalue weighted by atomic mass is 127. The minimum atomic E-state index is -1.95. The lowest BCUT2D eigenvalue weighted by molar-refractivity contribution is -0.0403. The second-order valence-corrected chi connectivity index (χ2v) is 16.1. The van der Waals surface area contributed by atoms with Crippen molar-refractivity contribution in [1.82, 2.24) is 14.5 Å². The fourth-order valence-corrected chi connectivity index (χ4v) is 5.48. The summed E-state index contributed by atoms with van der Waals surface area (Å²) in [4.78, 5) is 21.5. The van der Waals surface area contributed by atoms with Crippen molar-refractivity contribution >= 4 is 53.7 Å². The minimum Gasteiger partial charge on any atom is -0.414 e. The molecule has 2 N–H and O–H groups in total. The van der Waals surface area contributed by atoms with Gasteiger partial charge in [-0.15, -0.1) is 0 Å². The molecule has 3 atom stereocenters. The zero-order valence-electron chi connectivity index (χ0n) is 20.1. The first-order valence-electron chi connectivity index (χ1n) is 11.3. The number of aliphatic hydroxyl groups excluding tert-OH is 1. The Hall–Kier alpha value is -1.86.